The Labute approximate surface area is 95.1 Å². The van der Waals surface area contributed by atoms with E-state index in [4.69, 9.17) is 15.2 Å². The summed E-state index contributed by atoms with van der Waals surface area (Å²) in [4.78, 5) is 4.33. The van der Waals surface area contributed by atoms with Gasteiger partial charge in [-0.25, -0.2) is 4.99 Å². The molecule has 1 atom stereocenters. The first-order chi connectivity index (χ1) is 7.65. The third-order valence-corrected chi connectivity index (χ3v) is 2.63. The molecule has 0 saturated heterocycles. The minimum atomic E-state index is -0.435. The summed E-state index contributed by atoms with van der Waals surface area (Å²) in [6, 6.07) is 8.09. The van der Waals surface area contributed by atoms with Gasteiger partial charge >= 0.3 is 0 Å². The molecule has 0 bridgehead atoms. The molecule has 0 radical (unpaired) electrons. The van der Waals surface area contributed by atoms with Crippen molar-refractivity contribution in [2.24, 2.45) is 10.7 Å². The van der Waals surface area contributed by atoms with Crippen molar-refractivity contribution in [2.45, 2.75) is 19.4 Å². The fraction of sp³-hybridized carbons (Fsp3) is 0.417. The molecule has 86 valence electrons. The van der Waals surface area contributed by atoms with E-state index in [0.717, 1.165) is 11.3 Å². The minimum Gasteiger partial charge on any atom is -0.494 e. The quantitative estimate of drug-likeness (QED) is 0.842. The number of para-hydroxylation sites is 1. The summed E-state index contributed by atoms with van der Waals surface area (Å²) in [6.45, 7) is 5.04. The van der Waals surface area contributed by atoms with Crippen molar-refractivity contribution in [2.75, 3.05) is 13.2 Å². The first-order valence-electron chi connectivity index (χ1n) is 5.36. The van der Waals surface area contributed by atoms with Crippen LogP contribution in [0.3, 0.4) is 0 Å². The Kier molecular flexibility index (Phi) is 2.73. The second-order valence-corrected chi connectivity index (χ2v) is 3.94. The molecule has 1 aromatic carbocycles. The Balaban J connectivity index is 2.40. The maximum absolute atomic E-state index is 5.58. The van der Waals surface area contributed by atoms with Crippen molar-refractivity contribution in [3.63, 3.8) is 0 Å². The molecule has 2 N–H and O–H groups in total. The first-order valence-corrected chi connectivity index (χ1v) is 5.36. The van der Waals surface area contributed by atoms with Crippen LogP contribution in [0, 0.1) is 0 Å². The summed E-state index contributed by atoms with van der Waals surface area (Å²) in [5.74, 6) is 0.842. The van der Waals surface area contributed by atoms with Gasteiger partial charge in [-0.05, 0) is 19.9 Å². The van der Waals surface area contributed by atoms with Crippen molar-refractivity contribution in [1.29, 1.82) is 0 Å². The number of aliphatic imine (C=N–C) groups is 1. The molecule has 1 heterocycles. The van der Waals surface area contributed by atoms with Crippen LogP contribution in [-0.2, 0) is 10.3 Å². The van der Waals surface area contributed by atoms with Gasteiger partial charge in [0.05, 0.1) is 6.61 Å². The second-order valence-electron chi connectivity index (χ2n) is 3.94. The number of rotatable bonds is 3. The van der Waals surface area contributed by atoms with E-state index >= 15 is 0 Å². The molecule has 2 rings (SSSR count). The molecular formula is C12H16N2O2. The Morgan fingerprint density at radius 1 is 1.50 bits per heavy atom. The molecule has 4 heteroatoms. The van der Waals surface area contributed by atoms with Crippen LogP contribution in [0.2, 0.25) is 0 Å². The van der Waals surface area contributed by atoms with Gasteiger partial charge in [0.2, 0.25) is 0 Å². The molecule has 0 aromatic heterocycles. The van der Waals surface area contributed by atoms with Crippen molar-refractivity contribution in [1.82, 2.24) is 0 Å². The van der Waals surface area contributed by atoms with Crippen LogP contribution >= 0.6 is 0 Å². The minimum absolute atomic E-state index is 0.244. The molecule has 1 aromatic rings. The van der Waals surface area contributed by atoms with Gasteiger partial charge in [0, 0.05) is 5.56 Å². The molecule has 0 saturated carbocycles. The van der Waals surface area contributed by atoms with Gasteiger partial charge in [-0.3, -0.25) is 0 Å². The molecule has 1 aliphatic heterocycles. The summed E-state index contributed by atoms with van der Waals surface area (Å²) in [5.41, 5.74) is 6.14. The number of hydrogen-bond acceptors (Lipinski definition) is 4. The number of ether oxygens (including phenoxy) is 2. The monoisotopic (exact) mass is 220 g/mol. The molecular weight excluding hydrogens is 204 g/mol. The van der Waals surface area contributed by atoms with Gasteiger partial charge in [-0.1, -0.05) is 18.2 Å². The van der Waals surface area contributed by atoms with E-state index < -0.39 is 5.54 Å². The normalized spacial score (nSPS) is 23.8. The van der Waals surface area contributed by atoms with Gasteiger partial charge in [-0.2, -0.15) is 0 Å². The van der Waals surface area contributed by atoms with Crippen molar-refractivity contribution < 1.29 is 9.47 Å². The second kappa shape index (κ2) is 4.04. The average Bonchev–Trinajstić information content (AvgIpc) is 2.61. The predicted molar refractivity (Wildman–Crippen MR) is 62.5 cm³/mol. The third-order valence-electron chi connectivity index (χ3n) is 2.63. The van der Waals surface area contributed by atoms with Crippen LogP contribution in [0.25, 0.3) is 0 Å². The van der Waals surface area contributed by atoms with Crippen LogP contribution < -0.4 is 10.5 Å². The lowest BCUT2D eigenvalue weighted by atomic mass is 9.93. The summed E-state index contributed by atoms with van der Waals surface area (Å²) < 4.78 is 10.8. The number of hydrogen-bond donors (Lipinski definition) is 1. The van der Waals surface area contributed by atoms with Crippen LogP contribution in [0.15, 0.2) is 29.3 Å². The largest absolute Gasteiger partial charge is 0.494 e. The van der Waals surface area contributed by atoms with Gasteiger partial charge < -0.3 is 15.2 Å². The standard InChI is InChI=1S/C12H16N2O2/c1-3-15-10-7-5-4-6-9(10)12(2)8-16-11(13)14-12/h4-7H,3,8H2,1-2H3,(H2,13,14). The molecule has 0 spiro atoms. The lowest BCUT2D eigenvalue weighted by molar-refractivity contribution is 0.257. The zero-order valence-electron chi connectivity index (χ0n) is 9.56. The van der Waals surface area contributed by atoms with Crippen molar-refractivity contribution >= 4 is 6.02 Å². The summed E-state index contributed by atoms with van der Waals surface area (Å²) in [5, 5.41) is 0. The van der Waals surface area contributed by atoms with Crippen LogP contribution in [-0.4, -0.2) is 19.2 Å². The smallest absolute Gasteiger partial charge is 0.283 e. The van der Waals surface area contributed by atoms with E-state index in [1.807, 2.05) is 38.1 Å². The fourth-order valence-corrected chi connectivity index (χ4v) is 1.85. The number of nitrogens with zero attached hydrogens (tertiary/aromatic N) is 1. The summed E-state index contributed by atoms with van der Waals surface area (Å²) in [6.07, 6.45) is 0. The Morgan fingerprint density at radius 2 is 2.25 bits per heavy atom. The van der Waals surface area contributed by atoms with Gasteiger partial charge in [-0.15, -0.1) is 0 Å². The number of benzene rings is 1. The van der Waals surface area contributed by atoms with Crippen LogP contribution in [0.1, 0.15) is 19.4 Å². The molecule has 1 unspecified atom stereocenters. The zero-order chi connectivity index (χ0) is 11.6. The topological polar surface area (TPSA) is 56.8 Å². The van der Waals surface area contributed by atoms with E-state index in [2.05, 4.69) is 4.99 Å². The molecule has 16 heavy (non-hydrogen) atoms. The molecule has 0 fully saturated rings. The van der Waals surface area contributed by atoms with Crippen LogP contribution in [0.5, 0.6) is 5.75 Å². The Morgan fingerprint density at radius 3 is 2.88 bits per heavy atom. The molecule has 0 aliphatic carbocycles. The van der Waals surface area contributed by atoms with E-state index in [-0.39, 0.29) is 6.02 Å². The number of nitrogens with two attached hydrogens (primary N) is 1. The van der Waals surface area contributed by atoms with Crippen molar-refractivity contribution in [3.05, 3.63) is 29.8 Å². The molecule has 1 aliphatic rings. The summed E-state index contributed by atoms with van der Waals surface area (Å²) >= 11 is 0. The molecule has 0 amide bonds. The highest BCUT2D eigenvalue weighted by atomic mass is 16.5. The first kappa shape index (κ1) is 10.8. The SMILES string of the molecule is CCOc1ccccc1C1(C)COC(N)=N1. The highest BCUT2D eigenvalue weighted by molar-refractivity contribution is 5.74. The lowest BCUT2D eigenvalue weighted by Crippen LogP contribution is -2.21. The highest BCUT2D eigenvalue weighted by Gasteiger charge is 2.35. The third kappa shape index (κ3) is 1.83. The van der Waals surface area contributed by atoms with E-state index in [9.17, 15) is 0 Å². The summed E-state index contributed by atoms with van der Waals surface area (Å²) in [7, 11) is 0. The Hall–Kier alpha value is -1.71. The van der Waals surface area contributed by atoms with Crippen molar-refractivity contribution in [3.8, 4) is 5.75 Å². The maximum atomic E-state index is 5.58. The highest BCUT2D eigenvalue weighted by Crippen LogP contribution is 2.35. The van der Waals surface area contributed by atoms with Gasteiger partial charge in [0.1, 0.15) is 17.9 Å². The Bertz CT molecular complexity index is 417. The molecule has 4 nitrogen and oxygen atoms in total. The zero-order valence-corrected chi connectivity index (χ0v) is 9.56. The number of amidine groups is 1. The lowest BCUT2D eigenvalue weighted by Gasteiger charge is -2.21. The van der Waals surface area contributed by atoms with E-state index in [1.54, 1.807) is 0 Å². The maximum Gasteiger partial charge on any atom is 0.283 e. The van der Waals surface area contributed by atoms with Gasteiger partial charge in [0.25, 0.3) is 6.02 Å². The average molecular weight is 220 g/mol. The predicted octanol–water partition coefficient (Wildman–Crippen LogP) is 1.65. The fourth-order valence-electron chi connectivity index (χ4n) is 1.85. The van der Waals surface area contributed by atoms with E-state index in [0.29, 0.717) is 13.2 Å². The van der Waals surface area contributed by atoms with Crippen LogP contribution in [0.4, 0.5) is 0 Å². The van der Waals surface area contributed by atoms with E-state index in [1.165, 1.54) is 0 Å². The van der Waals surface area contributed by atoms with Gasteiger partial charge in [0.15, 0.2) is 0 Å².